The maximum absolute atomic E-state index is 11.1. The van der Waals surface area contributed by atoms with Gasteiger partial charge in [0.05, 0.1) is 10.4 Å². The fraction of sp³-hybridized carbons (Fsp3) is 0.267. The third-order valence-corrected chi connectivity index (χ3v) is 7.42. The van der Waals surface area contributed by atoms with Gasteiger partial charge in [0.25, 0.3) is 5.69 Å². The van der Waals surface area contributed by atoms with Gasteiger partial charge in [0, 0.05) is 29.1 Å². The second-order valence-electron chi connectivity index (χ2n) is 9.87. The number of fused-ring (bicyclic) bond motifs is 1. The number of nitrogens with two attached hydrogens (primary N) is 1. The van der Waals surface area contributed by atoms with E-state index < -0.39 is 0 Å². The van der Waals surface area contributed by atoms with Crippen molar-refractivity contribution in [1.29, 1.82) is 0 Å². The maximum Gasteiger partial charge on any atom is 0.270 e. The standard InChI is InChI=1S/C30H30ClN5O2/c31-25-12-13-27-28(17-25)34-29(35-30(27)33-19-22-4-1-3-21(15-22)18-32)14-9-20-7-10-23(11-8-20)24-5-2-6-26(16-24)36(37)38/h2,5-14,16-17,21-22H,1,3-4,15,18-19,32H2,(H,33,34,35). The minimum atomic E-state index is -0.382. The molecule has 8 heteroatoms. The van der Waals surface area contributed by atoms with Gasteiger partial charge in [-0.05, 0) is 78.6 Å². The molecule has 0 radical (unpaired) electrons. The highest BCUT2D eigenvalue weighted by atomic mass is 35.5. The third kappa shape index (κ3) is 6.18. The quantitative estimate of drug-likeness (QED) is 0.185. The fourth-order valence-electron chi connectivity index (χ4n) is 5.13. The van der Waals surface area contributed by atoms with E-state index in [1.165, 1.54) is 25.3 Å². The predicted molar refractivity (Wildman–Crippen MR) is 155 cm³/mol. The minimum absolute atomic E-state index is 0.0760. The molecule has 1 saturated carbocycles. The van der Waals surface area contributed by atoms with Crippen molar-refractivity contribution in [3.05, 3.63) is 93.3 Å². The van der Waals surface area contributed by atoms with Gasteiger partial charge in [-0.2, -0.15) is 0 Å². The Hall–Kier alpha value is -3.81. The molecule has 1 heterocycles. The summed E-state index contributed by atoms with van der Waals surface area (Å²) >= 11 is 6.27. The normalized spacial score (nSPS) is 17.6. The van der Waals surface area contributed by atoms with Crippen molar-refractivity contribution < 1.29 is 4.92 Å². The van der Waals surface area contributed by atoms with E-state index in [9.17, 15) is 10.1 Å². The number of hydrogen-bond donors (Lipinski definition) is 2. The van der Waals surface area contributed by atoms with E-state index in [2.05, 4.69) is 5.32 Å². The van der Waals surface area contributed by atoms with Gasteiger partial charge in [0.1, 0.15) is 5.82 Å². The summed E-state index contributed by atoms with van der Waals surface area (Å²) in [6, 6.07) is 20.2. The van der Waals surface area contributed by atoms with Crippen LogP contribution in [0.4, 0.5) is 11.5 Å². The van der Waals surface area contributed by atoms with Crippen molar-refractivity contribution in [2.75, 3.05) is 18.4 Å². The smallest absolute Gasteiger partial charge is 0.270 e. The van der Waals surface area contributed by atoms with E-state index in [0.29, 0.717) is 22.7 Å². The lowest BCUT2D eigenvalue weighted by atomic mass is 9.81. The molecule has 194 valence electrons. The Kier molecular flexibility index (Phi) is 7.96. The number of nitro groups is 1. The topological polar surface area (TPSA) is 107 Å². The van der Waals surface area contributed by atoms with Crippen molar-refractivity contribution in [3.8, 4) is 11.1 Å². The number of nitrogens with one attached hydrogen (secondary N) is 1. The first-order valence-electron chi connectivity index (χ1n) is 12.9. The van der Waals surface area contributed by atoms with Crippen LogP contribution >= 0.6 is 11.6 Å². The minimum Gasteiger partial charge on any atom is -0.369 e. The van der Waals surface area contributed by atoms with Crippen molar-refractivity contribution in [2.45, 2.75) is 25.7 Å². The van der Waals surface area contributed by atoms with Crippen molar-refractivity contribution in [3.63, 3.8) is 0 Å². The number of aromatic nitrogens is 2. The molecule has 0 saturated heterocycles. The zero-order valence-corrected chi connectivity index (χ0v) is 21.8. The number of benzene rings is 3. The van der Waals surface area contributed by atoms with Crippen molar-refractivity contribution in [1.82, 2.24) is 9.97 Å². The Morgan fingerprint density at radius 2 is 1.82 bits per heavy atom. The van der Waals surface area contributed by atoms with E-state index in [4.69, 9.17) is 27.3 Å². The molecule has 0 aliphatic heterocycles. The first-order valence-corrected chi connectivity index (χ1v) is 13.3. The number of non-ortho nitro benzene ring substituents is 1. The van der Waals surface area contributed by atoms with E-state index in [1.807, 2.05) is 60.7 Å². The molecule has 2 unspecified atom stereocenters. The summed E-state index contributed by atoms with van der Waals surface area (Å²) in [7, 11) is 0. The Balaban J connectivity index is 1.35. The summed E-state index contributed by atoms with van der Waals surface area (Å²) in [5.41, 5.74) is 9.48. The van der Waals surface area contributed by atoms with Gasteiger partial charge < -0.3 is 11.1 Å². The van der Waals surface area contributed by atoms with Crippen LogP contribution in [-0.2, 0) is 0 Å². The lowest BCUT2D eigenvalue weighted by Gasteiger charge is -2.28. The highest BCUT2D eigenvalue weighted by molar-refractivity contribution is 6.31. The van der Waals surface area contributed by atoms with E-state index in [0.717, 1.165) is 52.9 Å². The van der Waals surface area contributed by atoms with E-state index >= 15 is 0 Å². The van der Waals surface area contributed by atoms with Gasteiger partial charge in [0.2, 0.25) is 0 Å². The van der Waals surface area contributed by atoms with Gasteiger partial charge >= 0.3 is 0 Å². The van der Waals surface area contributed by atoms with Crippen LogP contribution < -0.4 is 11.1 Å². The van der Waals surface area contributed by atoms with Gasteiger partial charge in [0.15, 0.2) is 5.82 Å². The molecule has 4 aromatic rings. The molecule has 1 aliphatic rings. The van der Waals surface area contributed by atoms with Crippen molar-refractivity contribution >= 4 is 46.2 Å². The van der Waals surface area contributed by atoms with Gasteiger partial charge in [-0.25, -0.2) is 9.97 Å². The van der Waals surface area contributed by atoms with Crippen LogP contribution in [0.2, 0.25) is 5.02 Å². The zero-order valence-electron chi connectivity index (χ0n) is 21.0. The maximum atomic E-state index is 11.1. The lowest BCUT2D eigenvalue weighted by molar-refractivity contribution is -0.384. The molecule has 1 aromatic heterocycles. The number of hydrogen-bond acceptors (Lipinski definition) is 6. The SMILES string of the molecule is NCC1CCCC(CNc2nc(C=Cc3ccc(-c4cccc([N+](=O)[O-])c4)cc3)nc3cc(Cl)ccc23)C1. The lowest BCUT2D eigenvalue weighted by Crippen LogP contribution is -2.26. The molecular formula is C30H30ClN5O2. The summed E-state index contributed by atoms with van der Waals surface area (Å²) in [4.78, 5) is 20.3. The zero-order chi connectivity index (χ0) is 26.5. The first-order chi connectivity index (χ1) is 18.5. The second kappa shape index (κ2) is 11.7. The average Bonchev–Trinajstić information content (AvgIpc) is 2.95. The molecule has 38 heavy (non-hydrogen) atoms. The molecular weight excluding hydrogens is 498 g/mol. The highest BCUT2D eigenvalue weighted by Crippen LogP contribution is 2.30. The first kappa shape index (κ1) is 25.8. The molecule has 3 aromatic carbocycles. The van der Waals surface area contributed by atoms with Crippen LogP contribution in [0.3, 0.4) is 0 Å². The summed E-state index contributed by atoms with van der Waals surface area (Å²) in [5.74, 6) is 2.59. The summed E-state index contributed by atoms with van der Waals surface area (Å²) < 4.78 is 0. The van der Waals surface area contributed by atoms with Crippen LogP contribution in [0, 0.1) is 22.0 Å². The Labute approximate surface area is 226 Å². The Morgan fingerprint density at radius 1 is 1.00 bits per heavy atom. The molecule has 0 bridgehead atoms. The number of rotatable bonds is 8. The monoisotopic (exact) mass is 527 g/mol. The molecule has 0 amide bonds. The molecule has 5 rings (SSSR count). The number of nitro benzene ring substituents is 1. The summed E-state index contributed by atoms with van der Waals surface area (Å²) in [6.07, 6.45) is 8.65. The Morgan fingerprint density at radius 3 is 2.61 bits per heavy atom. The summed E-state index contributed by atoms with van der Waals surface area (Å²) in [6.45, 7) is 1.61. The molecule has 1 fully saturated rings. The molecule has 7 nitrogen and oxygen atoms in total. The largest absolute Gasteiger partial charge is 0.369 e. The number of nitrogens with zero attached hydrogens (tertiary/aromatic N) is 3. The third-order valence-electron chi connectivity index (χ3n) is 7.19. The average molecular weight is 528 g/mol. The van der Waals surface area contributed by atoms with Crippen LogP contribution in [0.1, 0.15) is 37.1 Å². The number of anilines is 1. The van der Waals surface area contributed by atoms with Crippen LogP contribution in [-0.4, -0.2) is 28.0 Å². The predicted octanol–water partition coefficient (Wildman–Crippen LogP) is 7.21. The fourth-order valence-corrected chi connectivity index (χ4v) is 5.30. The second-order valence-corrected chi connectivity index (χ2v) is 10.3. The summed E-state index contributed by atoms with van der Waals surface area (Å²) in [5, 5.41) is 16.3. The van der Waals surface area contributed by atoms with Gasteiger partial charge in [-0.15, -0.1) is 0 Å². The number of halogens is 1. The van der Waals surface area contributed by atoms with Crippen LogP contribution in [0.15, 0.2) is 66.7 Å². The van der Waals surface area contributed by atoms with Crippen molar-refractivity contribution in [2.24, 2.45) is 17.6 Å². The molecule has 2 atom stereocenters. The van der Waals surface area contributed by atoms with E-state index in [-0.39, 0.29) is 10.6 Å². The van der Waals surface area contributed by atoms with Crippen LogP contribution in [0.25, 0.3) is 34.2 Å². The highest BCUT2D eigenvalue weighted by Gasteiger charge is 2.21. The molecule has 1 aliphatic carbocycles. The Bertz CT molecular complexity index is 1470. The van der Waals surface area contributed by atoms with Gasteiger partial charge in [-0.3, -0.25) is 10.1 Å². The molecule has 0 spiro atoms. The van der Waals surface area contributed by atoms with E-state index in [1.54, 1.807) is 12.1 Å². The van der Waals surface area contributed by atoms with Gasteiger partial charge in [-0.1, -0.05) is 60.5 Å². The van der Waals surface area contributed by atoms with Crippen LogP contribution in [0.5, 0.6) is 0 Å². The molecule has 3 N–H and O–H groups in total.